The third kappa shape index (κ3) is 1.91. The molecule has 2 aliphatic carbocycles. The topological polar surface area (TPSA) is 46.3 Å². The summed E-state index contributed by atoms with van der Waals surface area (Å²) in [5, 5.41) is 0. The van der Waals surface area contributed by atoms with E-state index in [0.717, 1.165) is 11.8 Å². The van der Waals surface area contributed by atoms with Gasteiger partial charge in [-0.05, 0) is 42.9 Å². The Hall–Kier alpha value is -1.51. The molecule has 2 N–H and O–H groups in total. The maximum atomic E-state index is 11.4. The number of anilines is 1. The van der Waals surface area contributed by atoms with E-state index in [9.17, 15) is 4.79 Å². The Labute approximate surface area is 120 Å². The second kappa shape index (κ2) is 4.51. The van der Waals surface area contributed by atoms with Crippen LogP contribution < -0.4 is 10.6 Å². The highest BCUT2D eigenvalue weighted by Crippen LogP contribution is 2.56. The van der Waals surface area contributed by atoms with Crippen LogP contribution in [0.4, 0.5) is 5.69 Å². The number of benzene rings is 1. The molecular weight excluding hydrogens is 248 g/mol. The average molecular weight is 270 g/mol. The zero-order chi connectivity index (χ0) is 13.7. The van der Waals surface area contributed by atoms with Crippen LogP contribution >= 0.6 is 0 Å². The quantitative estimate of drug-likeness (QED) is 0.917. The molecule has 3 aliphatic rings. The second-order valence-electron chi connectivity index (χ2n) is 6.70. The molecular formula is C17H22N2O. The summed E-state index contributed by atoms with van der Waals surface area (Å²) < 4.78 is 0. The fourth-order valence-corrected chi connectivity index (χ4v) is 4.18. The number of carbonyl (C=O) groups excluding carboxylic acids is 1. The van der Waals surface area contributed by atoms with Gasteiger partial charge < -0.3 is 10.6 Å². The zero-order valence-corrected chi connectivity index (χ0v) is 11.8. The van der Waals surface area contributed by atoms with E-state index in [4.69, 9.17) is 5.73 Å². The van der Waals surface area contributed by atoms with Crippen molar-refractivity contribution in [2.45, 2.75) is 50.5 Å². The highest BCUT2D eigenvalue weighted by Gasteiger charge is 2.50. The van der Waals surface area contributed by atoms with Crippen molar-refractivity contribution in [3.8, 4) is 0 Å². The number of fused-ring (bicyclic) bond motifs is 3. The molecule has 0 bridgehead atoms. The van der Waals surface area contributed by atoms with Crippen molar-refractivity contribution in [3.05, 3.63) is 29.3 Å². The lowest BCUT2D eigenvalue weighted by Gasteiger charge is -2.30. The number of primary amides is 1. The first-order chi connectivity index (χ1) is 9.74. The average Bonchev–Trinajstić information content (AvgIpc) is 3.20. The van der Waals surface area contributed by atoms with Crippen LogP contribution in [0, 0.1) is 5.92 Å². The molecule has 2 atom stereocenters. The summed E-state index contributed by atoms with van der Waals surface area (Å²) in [6, 6.07) is 6.74. The number of hydrogen-bond acceptors (Lipinski definition) is 2. The molecule has 2 unspecified atom stereocenters. The van der Waals surface area contributed by atoms with Gasteiger partial charge >= 0.3 is 0 Å². The van der Waals surface area contributed by atoms with Crippen molar-refractivity contribution in [1.82, 2.24) is 0 Å². The molecule has 0 spiro atoms. The van der Waals surface area contributed by atoms with Crippen molar-refractivity contribution in [2.24, 2.45) is 11.7 Å². The normalized spacial score (nSPS) is 28.1. The first-order valence-corrected chi connectivity index (χ1v) is 7.94. The lowest BCUT2D eigenvalue weighted by atomic mass is 9.89. The Bertz CT molecular complexity index is 548. The number of hydrogen-bond donors (Lipinski definition) is 1. The first-order valence-electron chi connectivity index (χ1n) is 7.94. The van der Waals surface area contributed by atoms with Crippen LogP contribution in [0.25, 0.3) is 0 Å². The van der Waals surface area contributed by atoms with Crippen LogP contribution in [-0.4, -0.2) is 18.5 Å². The molecule has 3 heteroatoms. The smallest absolute Gasteiger partial charge is 0.248 e. The molecule has 3 nitrogen and oxygen atoms in total. The van der Waals surface area contributed by atoms with Crippen molar-refractivity contribution in [3.63, 3.8) is 0 Å². The molecule has 4 rings (SSSR count). The molecule has 1 aromatic rings. The Morgan fingerprint density at radius 2 is 2.05 bits per heavy atom. The van der Waals surface area contributed by atoms with Crippen LogP contribution in [0.15, 0.2) is 18.2 Å². The predicted molar refractivity (Wildman–Crippen MR) is 80.0 cm³/mol. The molecule has 0 radical (unpaired) electrons. The Balaban J connectivity index is 1.60. The van der Waals surface area contributed by atoms with Gasteiger partial charge in [0.25, 0.3) is 0 Å². The Morgan fingerprint density at radius 1 is 1.25 bits per heavy atom. The van der Waals surface area contributed by atoms with Gasteiger partial charge in [-0.25, -0.2) is 0 Å². The maximum Gasteiger partial charge on any atom is 0.248 e. The van der Waals surface area contributed by atoms with Crippen molar-refractivity contribution in [2.75, 3.05) is 11.4 Å². The van der Waals surface area contributed by atoms with Crippen molar-refractivity contribution >= 4 is 11.6 Å². The van der Waals surface area contributed by atoms with Crippen LogP contribution in [0.1, 0.15) is 60.4 Å². The fourth-order valence-electron chi connectivity index (χ4n) is 4.18. The molecule has 20 heavy (non-hydrogen) atoms. The minimum absolute atomic E-state index is 0.314. The number of carbonyl (C=O) groups is 1. The molecule has 1 aromatic carbocycles. The zero-order valence-electron chi connectivity index (χ0n) is 11.8. The highest BCUT2D eigenvalue weighted by atomic mass is 16.1. The number of rotatable bonds is 3. The van der Waals surface area contributed by atoms with Crippen molar-refractivity contribution in [1.29, 1.82) is 0 Å². The molecule has 106 valence electrons. The summed E-state index contributed by atoms with van der Waals surface area (Å²) in [5.74, 6) is 1.25. The van der Waals surface area contributed by atoms with E-state index in [1.54, 1.807) is 0 Å². The Morgan fingerprint density at radius 3 is 2.80 bits per heavy atom. The maximum absolute atomic E-state index is 11.4. The largest absolute Gasteiger partial charge is 0.367 e. The van der Waals surface area contributed by atoms with E-state index in [-0.39, 0.29) is 5.91 Å². The van der Waals surface area contributed by atoms with Gasteiger partial charge in [-0.1, -0.05) is 25.3 Å². The van der Waals surface area contributed by atoms with Crippen molar-refractivity contribution < 1.29 is 4.79 Å². The van der Waals surface area contributed by atoms with Gasteiger partial charge in [0.1, 0.15) is 0 Å². The summed E-state index contributed by atoms with van der Waals surface area (Å²) >= 11 is 0. The lowest BCUT2D eigenvalue weighted by Crippen LogP contribution is -2.31. The van der Waals surface area contributed by atoms with E-state index >= 15 is 0 Å². The molecule has 0 aromatic heterocycles. The number of nitrogens with zero attached hydrogens (tertiary/aromatic N) is 1. The molecule has 2 fully saturated rings. The molecule has 0 saturated heterocycles. The third-order valence-electron chi connectivity index (χ3n) is 5.36. The molecule has 1 heterocycles. The van der Waals surface area contributed by atoms with Crippen LogP contribution in [0.3, 0.4) is 0 Å². The second-order valence-corrected chi connectivity index (χ2v) is 6.70. The van der Waals surface area contributed by atoms with Gasteiger partial charge in [-0.3, -0.25) is 4.79 Å². The first kappa shape index (κ1) is 12.2. The minimum Gasteiger partial charge on any atom is -0.367 e. The summed E-state index contributed by atoms with van der Waals surface area (Å²) in [4.78, 5) is 14.0. The standard InChI is InChI=1S/C17H22N2O/c18-17(20)12-6-7-13-14-9-16(14)19(15(13)8-12)10-11-4-2-1-3-5-11/h6-8,11,14,16H,1-5,9-10H2,(H2,18,20). The Kier molecular flexibility index (Phi) is 2.76. The van der Waals surface area contributed by atoms with Gasteiger partial charge in [0.05, 0.1) is 0 Å². The van der Waals surface area contributed by atoms with Crippen LogP contribution in [0.2, 0.25) is 0 Å². The number of nitrogens with two attached hydrogens (primary N) is 1. The van der Waals surface area contributed by atoms with E-state index in [1.165, 1.54) is 56.3 Å². The van der Waals surface area contributed by atoms with Crippen LogP contribution in [-0.2, 0) is 0 Å². The molecule has 2 saturated carbocycles. The van der Waals surface area contributed by atoms with E-state index in [0.29, 0.717) is 11.6 Å². The fraction of sp³-hybridized carbons (Fsp3) is 0.588. The number of amides is 1. The molecule has 1 aliphatic heterocycles. The van der Waals surface area contributed by atoms with Crippen LogP contribution in [0.5, 0.6) is 0 Å². The third-order valence-corrected chi connectivity index (χ3v) is 5.36. The van der Waals surface area contributed by atoms with Gasteiger partial charge in [0.15, 0.2) is 0 Å². The summed E-state index contributed by atoms with van der Waals surface area (Å²) in [5.41, 5.74) is 8.80. The van der Waals surface area contributed by atoms with Gasteiger partial charge in [-0.15, -0.1) is 0 Å². The minimum atomic E-state index is -0.314. The van der Waals surface area contributed by atoms with Gasteiger partial charge in [-0.2, -0.15) is 0 Å². The highest BCUT2D eigenvalue weighted by molar-refractivity contribution is 5.94. The van der Waals surface area contributed by atoms with Gasteiger partial charge in [0.2, 0.25) is 5.91 Å². The lowest BCUT2D eigenvalue weighted by molar-refractivity contribution is 0.100. The van der Waals surface area contributed by atoms with E-state index < -0.39 is 0 Å². The summed E-state index contributed by atoms with van der Waals surface area (Å²) in [6.07, 6.45) is 8.24. The predicted octanol–water partition coefficient (Wildman–Crippen LogP) is 3.04. The van der Waals surface area contributed by atoms with Gasteiger partial charge in [0, 0.05) is 29.8 Å². The van der Waals surface area contributed by atoms with E-state index in [1.807, 2.05) is 12.1 Å². The molecule has 1 amide bonds. The monoisotopic (exact) mass is 270 g/mol. The summed E-state index contributed by atoms with van der Waals surface area (Å²) in [6.45, 7) is 1.18. The SMILES string of the molecule is NC(=O)c1ccc2c(c1)N(CC1CCCCC1)C1CC21. The summed E-state index contributed by atoms with van der Waals surface area (Å²) in [7, 11) is 0. The van der Waals surface area contributed by atoms with E-state index in [2.05, 4.69) is 11.0 Å².